The normalized spacial score (nSPS) is 17.0. The maximum atomic E-state index is 13.2. The molecule has 3 rings (SSSR count). The number of hydrogen-bond acceptors (Lipinski definition) is 4. The van der Waals surface area contributed by atoms with Gasteiger partial charge in [-0.25, -0.2) is 12.8 Å². The summed E-state index contributed by atoms with van der Waals surface area (Å²) < 4.78 is 45.8. The van der Waals surface area contributed by atoms with Crippen molar-refractivity contribution >= 4 is 15.9 Å². The molecule has 0 bridgehead atoms. The van der Waals surface area contributed by atoms with Crippen molar-refractivity contribution < 1.29 is 22.3 Å². The van der Waals surface area contributed by atoms with Gasteiger partial charge in [0.25, 0.3) is 0 Å². The summed E-state index contributed by atoms with van der Waals surface area (Å²) in [4.78, 5) is 12.3. The van der Waals surface area contributed by atoms with Crippen LogP contribution in [0.25, 0.3) is 0 Å². The van der Waals surface area contributed by atoms with E-state index in [0.717, 1.165) is 34.8 Å². The predicted molar refractivity (Wildman–Crippen MR) is 102 cm³/mol. The molecule has 0 spiro atoms. The Kier molecular flexibility index (Phi) is 6.77. The van der Waals surface area contributed by atoms with Crippen LogP contribution in [0, 0.1) is 5.82 Å². The fraction of sp³-hybridized carbons (Fsp3) is 0.350. The average molecular weight is 406 g/mol. The molecule has 2 aromatic rings. The molecule has 1 fully saturated rings. The highest BCUT2D eigenvalue weighted by Crippen LogP contribution is 2.19. The highest BCUT2D eigenvalue weighted by Gasteiger charge is 2.27. The lowest BCUT2D eigenvalue weighted by Crippen LogP contribution is -2.42. The minimum Gasteiger partial charge on any atom is -0.376 e. The monoisotopic (exact) mass is 406 g/mol. The number of halogens is 1. The molecule has 150 valence electrons. The second-order valence-corrected chi connectivity index (χ2v) is 8.59. The first-order valence-electron chi connectivity index (χ1n) is 9.13. The van der Waals surface area contributed by atoms with Crippen molar-refractivity contribution in [3.05, 3.63) is 66.0 Å². The predicted octanol–water partition coefficient (Wildman–Crippen LogP) is 2.31. The van der Waals surface area contributed by atoms with Crippen LogP contribution in [0.5, 0.6) is 0 Å². The highest BCUT2D eigenvalue weighted by molar-refractivity contribution is 7.89. The van der Waals surface area contributed by atoms with Gasteiger partial charge in [-0.2, -0.15) is 4.31 Å². The van der Waals surface area contributed by atoms with Crippen LogP contribution in [0.4, 0.5) is 4.39 Å². The molecular weight excluding hydrogens is 383 g/mol. The summed E-state index contributed by atoms with van der Waals surface area (Å²) in [5.41, 5.74) is 0.750. The van der Waals surface area contributed by atoms with Gasteiger partial charge in [-0.1, -0.05) is 30.3 Å². The smallest absolute Gasteiger partial charge is 0.243 e. The number of nitrogens with zero attached hydrogens (tertiary/aromatic N) is 1. The zero-order valence-corrected chi connectivity index (χ0v) is 16.2. The number of benzene rings is 2. The molecule has 1 atom stereocenters. The number of hydrogen-bond donors (Lipinski definition) is 1. The Morgan fingerprint density at radius 2 is 1.86 bits per heavy atom. The molecule has 0 aliphatic carbocycles. The van der Waals surface area contributed by atoms with E-state index in [9.17, 15) is 17.6 Å². The Bertz CT molecular complexity index is 882. The van der Waals surface area contributed by atoms with Crippen LogP contribution in [0.15, 0.2) is 59.5 Å². The number of rotatable bonds is 8. The van der Waals surface area contributed by atoms with Crippen molar-refractivity contribution in [2.45, 2.75) is 30.4 Å². The maximum Gasteiger partial charge on any atom is 0.243 e. The van der Waals surface area contributed by atoms with E-state index in [1.165, 1.54) is 12.1 Å². The molecule has 0 aromatic heterocycles. The fourth-order valence-electron chi connectivity index (χ4n) is 3.02. The van der Waals surface area contributed by atoms with E-state index in [0.29, 0.717) is 13.2 Å². The van der Waals surface area contributed by atoms with E-state index in [1.54, 1.807) is 24.3 Å². The first-order chi connectivity index (χ1) is 13.4. The van der Waals surface area contributed by atoms with Crippen molar-refractivity contribution in [3.8, 4) is 0 Å². The molecule has 1 aliphatic rings. The molecule has 1 heterocycles. The average Bonchev–Trinajstić information content (AvgIpc) is 3.21. The van der Waals surface area contributed by atoms with Crippen LogP contribution in [-0.4, -0.2) is 44.4 Å². The molecule has 8 heteroatoms. The summed E-state index contributed by atoms with van der Waals surface area (Å²) >= 11 is 0. The molecule has 6 nitrogen and oxygen atoms in total. The SMILES string of the molecule is O=C(CN(Cc1ccccc1)S(=O)(=O)c1ccc(F)cc1)NC[C@@H]1CCCO1. The van der Waals surface area contributed by atoms with Crippen molar-refractivity contribution in [1.29, 1.82) is 0 Å². The second-order valence-electron chi connectivity index (χ2n) is 6.65. The summed E-state index contributed by atoms with van der Waals surface area (Å²) in [5.74, 6) is -0.931. The lowest BCUT2D eigenvalue weighted by molar-refractivity contribution is -0.121. The minimum atomic E-state index is -3.97. The van der Waals surface area contributed by atoms with Crippen LogP contribution in [0.2, 0.25) is 0 Å². The second kappa shape index (κ2) is 9.27. The first kappa shape index (κ1) is 20.4. The van der Waals surface area contributed by atoms with E-state index in [2.05, 4.69) is 5.32 Å². The number of ether oxygens (including phenoxy) is 1. The third-order valence-electron chi connectivity index (χ3n) is 4.52. The van der Waals surface area contributed by atoms with Crippen molar-refractivity contribution in [2.24, 2.45) is 0 Å². The van der Waals surface area contributed by atoms with E-state index >= 15 is 0 Å². The number of carbonyl (C=O) groups excluding carboxylic acids is 1. The Balaban J connectivity index is 1.75. The van der Waals surface area contributed by atoms with E-state index < -0.39 is 21.7 Å². The molecule has 1 amide bonds. The van der Waals surface area contributed by atoms with Gasteiger partial charge in [0.05, 0.1) is 17.5 Å². The zero-order valence-electron chi connectivity index (χ0n) is 15.4. The van der Waals surface area contributed by atoms with E-state index in [4.69, 9.17) is 4.74 Å². The van der Waals surface area contributed by atoms with Gasteiger partial charge >= 0.3 is 0 Å². The van der Waals surface area contributed by atoms with E-state index in [1.807, 2.05) is 6.07 Å². The largest absolute Gasteiger partial charge is 0.376 e. The van der Waals surface area contributed by atoms with Crippen LogP contribution in [0.1, 0.15) is 18.4 Å². The standard InChI is InChI=1S/C20H23FN2O4S/c21-17-8-10-19(11-9-17)28(25,26)23(14-16-5-2-1-3-6-16)15-20(24)22-13-18-7-4-12-27-18/h1-3,5-6,8-11,18H,4,7,12-15H2,(H,22,24)/t18-/m0/s1. The molecule has 0 saturated carbocycles. The Labute approximate surface area is 164 Å². The van der Waals surface area contributed by atoms with Crippen LogP contribution < -0.4 is 5.32 Å². The van der Waals surface area contributed by atoms with Crippen molar-refractivity contribution in [1.82, 2.24) is 9.62 Å². The fourth-order valence-corrected chi connectivity index (χ4v) is 4.40. The third kappa shape index (κ3) is 5.37. The van der Waals surface area contributed by atoms with Gasteiger partial charge in [-0.05, 0) is 42.7 Å². The zero-order chi connectivity index (χ0) is 20.0. The van der Waals surface area contributed by atoms with Crippen molar-refractivity contribution in [2.75, 3.05) is 19.7 Å². The van der Waals surface area contributed by atoms with Crippen LogP contribution in [-0.2, 0) is 26.1 Å². The molecule has 0 unspecified atom stereocenters. The lowest BCUT2D eigenvalue weighted by Gasteiger charge is -2.22. The minimum absolute atomic E-state index is 0.0276. The van der Waals surface area contributed by atoms with E-state index in [-0.39, 0.29) is 24.1 Å². The summed E-state index contributed by atoms with van der Waals surface area (Å²) in [6, 6.07) is 13.6. The molecule has 28 heavy (non-hydrogen) atoms. The third-order valence-corrected chi connectivity index (χ3v) is 6.33. The van der Waals surface area contributed by atoms with Crippen LogP contribution >= 0.6 is 0 Å². The van der Waals surface area contributed by atoms with Gasteiger partial charge in [0.2, 0.25) is 15.9 Å². The van der Waals surface area contributed by atoms with Gasteiger partial charge in [0.1, 0.15) is 5.82 Å². The molecular formula is C20H23FN2O4S. The first-order valence-corrected chi connectivity index (χ1v) is 10.6. The molecule has 1 aliphatic heterocycles. The van der Waals surface area contributed by atoms with Gasteiger partial charge in [0.15, 0.2) is 0 Å². The molecule has 2 aromatic carbocycles. The number of carbonyl (C=O) groups is 1. The van der Waals surface area contributed by atoms with Gasteiger partial charge < -0.3 is 10.1 Å². The van der Waals surface area contributed by atoms with Crippen LogP contribution in [0.3, 0.4) is 0 Å². The topological polar surface area (TPSA) is 75.7 Å². The Morgan fingerprint density at radius 1 is 1.14 bits per heavy atom. The molecule has 1 saturated heterocycles. The summed E-state index contributed by atoms with van der Waals surface area (Å²) in [6.45, 7) is 0.740. The van der Waals surface area contributed by atoms with Gasteiger partial charge in [-0.15, -0.1) is 0 Å². The highest BCUT2D eigenvalue weighted by atomic mass is 32.2. The number of nitrogens with one attached hydrogen (secondary N) is 1. The van der Waals surface area contributed by atoms with Gasteiger partial charge in [-0.3, -0.25) is 4.79 Å². The summed E-state index contributed by atoms with van der Waals surface area (Å²) in [5, 5.41) is 2.74. The summed E-state index contributed by atoms with van der Waals surface area (Å²) in [6.07, 6.45) is 1.81. The molecule has 0 radical (unpaired) electrons. The summed E-state index contributed by atoms with van der Waals surface area (Å²) in [7, 11) is -3.97. The molecule has 1 N–H and O–H groups in total. The quantitative estimate of drug-likeness (QED) is 0.730. The number of amides is 1. The van der Waals surface area contributed by atoms with Crippen molar-refractivity contribution in [3.63, 3.8) is 0 Å². The maximum absolute atomic E-state index is 13.2. The Morgan fingerprint density at radius 3 is 2.50 bits per heavy atom. The Hall–Kier alpha value is -2.29. The van der Waals surface area contributed by atoms with Gasteiger partial charge in [0, 0.05) is 19.7 Å². The lowest BCUT2D eigenvalue weighted by atomic mass is 10.2. The number of sulfonamides is 1.